The molecule has 1 N–H and O–H groups in total. The number of likely N-dealkylation sites (N-methyl/N-ethyl adjacent to an activating group) is 1. The van der Waals surface area contributed by atoms with E-state index in [1.807, 2.05) is 0 Å². The number of benzene rings is 1. The van der Waals surface area contributed by atoms with Gasteiger partial charge in [0.15, 0.2) is 0 Å². The van der Waals surface area contributed by atoms with E-state index < -0.39 is 0 Å². The highest BCUT2D eigenvalue weighted by Gasteiger charge is 2.21. The average molecular weight is 290 g/mol. The van der Waals surface area contributed by atoms with E-state index >= 15 is 0 Å². The fraction of sp³-hybridized carbons (Fsp3) is 0.684. The Morgan fingerprint density at radius 1 is 1.05 bits per heavy atom. The highest BCUT2D eigenvalue weighted by Crippen LogP contribution is 2.21. The molecule has 1 aromatic carbocycles. The second-order valence-corrected chi connectivity index (χ2v) is 6.10. The lowest BCUT2D eigenvalue weighted by molar-refractivity contribution is 0.204. The molecule has 0 saturated carbocycles. The maximum absolute atomic E-state index is 3.74. The van der Waals surface area contributed by atoms with Crippen LogP contribution in [0.4, 0.5) is 0 Å². The molecule has 120 valence electrons. The lowest BCUT2D eigenvalue weighted by Gasteiger charge is -2.33. The van der Waals surface area contributed by atoms with Gasteiger partial charge >= 0.3 is 0 Å². The summed E-state index contributed by atoms with van der Waals surface area (Å²) >= 11 is 0. The van der Waals surface area contributed by atoms with Crippen molar-refractivity contribution in [3.63, 3.8) is 0 Å². The van der Waals surface area contributed by atoms with Gasteiger partial charge in [0, 0.05) is 12.1 Å². The summed E-state index contributed by atoms with van der Waals surface area (Å²) in [4.78, 5) is 2.49. The van der Waals surface area contributed by atoms with Gasteiger partial charge in [-0.15, -0.1) is 0 Å². The van der Waals surface area contributed by atoms with Gasteiger partial charge in [-0.25, -0.2) is 0 Å². The molecule has 2 unspecified atom stereocenters. The van der Waals surface area contributed by atoms with E-state index in [2.05, 4.69) is 69.2 Å². The average Bonchev–Trinajstić information content (AvgIpc) is 2.53. The molecule has 2 atom stereocenters. The molecular weight excluding hydrogens is 256 g/mol. The van der Waals surface area contributed by atoms with Crippen LogP contribution < -0.4 is 5.32 Å². The molecule has 0 spiro atoms. The van der Waals surface area contributed by atoms with Crippen LogP contribution in [0.15, 0.2) is 24.3 Å². The predicted molar refractivity (Wildman–Crippen MR) is 93.9 cm³/mol. The Labute approximate surface area is 131 Å². The first kappa shape index (κ1) is 18.2. The zero-order chi connectivity index (χ0) is 15.7. The Balaban J connectivity index is 2.81. The molecule has 1 aromatic rings. The standard InChI is InChI=1S/C19H34N2/c1-6-9-15-21(5)16(4)19(20-14-7-2)18-12-10-17(8-3)11-13-18/h10-13,16,19-20H,6-9,14-15H2,1-5H3. The molecule has 2 nitrogen and oxygen atoms in total. The zero-order valence-electron chi connectivity index (χ0n) is 14.7. The fourth-order valence-corrected chi connectivity index (χ4v) is 2.69. The van der Waals surface area contributed by atoms with Crippen LogP contribution in [0.25, 0.3) is 0 Å². The molecule has 0 heterocycles. The quantitative estimate of drug-likeness (QED) is 0.686. The van der Waals surface area contributed by atoms with Gasteiger partial charge in [-0.1, -0.05) is 51.5 Å². The first-order valence-corrected chi connectivity index (χ1v) is 8.66. The molecule has 2 heteroatoms. The number of hydrogen-bond donors (Lipinski definition) is 1. The lowest BCUT2D eigenvalue weighted by atomic mass is 9.97. The number of aryl methyl sites for hydroxylation is 1. The van der Waals surface area contributed by atoms with Gasteiger partial charge in [0.2, 0.25) is 0 Å². The summed E-state index contributed by atoms with van der Waals surface area (Å²) in [5, 5.41) is 3.74. The highest BCUT2D eigenvalue weighted by atomic mass is 15.2. The number of hydrogen-bond acceptors (Lipinski definition) is 2. The summed E-state index contributed by atoms with van der Waals surface area (Å²) in [6.45, 7) is 11.3. The predicted octanol–water partition coefficient (Wildman–Crippen LogP) is 4.41. The molecule has 0 amide bonds. The van der Waals surface area contributed by atoms with Crippen molar-refractivity contribution >= 4 is 0 Å². The first-order chi connectivity index (χ1) is 10.1. The minimum Gasteiger partial charge on any atom is -0.309 e. The van der Waals surface area contributed by atoms with Gasteiger partial charge in [0.1, 0.15) is 0 Å². The maximum atomic E-state index is 3.74. The summed E-state index contributed by atoms with van der Waals surface area (Å²) in [7, 11) is 2.25. The van der Waals surface area contributed by atoms with Gasteiger partial charge in [0.05, 0.1) is 0 Å². The normalized spacial score (nSPS) is 14.4. The van der Waals surface area contributed by atoms with Crippen molar-refractivity contribution in [2.24, 2.45) is 0 Å². The van der Waals surface area contributed by atoms with Crippen molar-refractivity contribution in [2.75, 3.05) is 20.1 Å². The lowest BCUT2D eigenvalue weighted by Crippen LogP contribution is -2.41. The second kappa shape index (κ2) is 9.97. The third kappa shape index (κ3) is 5.80. The van der Waals surface area contributed by atoms with Crippen LogP contribution in [0, 0.1) is 0 Å². The van der Waals surface area contributed by atoms with Crippen LogP contribution in [0.3, 0.4) is 0 Å². The SMILES string of the molecule is CCCCN(C)C(C)C(NCCC)c1ccc(CC)cc1. The van der Waals surface area contributed by atoms with Crippen molar-refractivity contribution in [1.82, 2.24) is 10.2 Å². The van der Waals surface area contributed by atoms with Gasteiger partial charge in [-0.05, 0) is 57.5 Å². The molecule has 0 fully saturated rings. The van der Waals surface area contributed by atoms with Crippen molar-refractivity contribution in [1.29, 1.82) is 0 Å². The molecular formula is C19H34N2. The molecule has 0 aliphatic carbocycles. The van der Waals surface area contributed by atoms with Gasteiger partial charge < -0.3 is 10.2 Å². The number of unbranched alkanes of at least 4 members (excludes halogenated alkanes) is 1. The summed E-state index contributed by atoms with van der Waals surface area (Å²) in [5.74, 6) is 0. The minimum atomic E-state index is 0.415. The summed E-state index contributed by atoms with van der Waals surface area (Å²) in [6, 6.07) is 10.1. The third-order valence-corrected chi connectivity index (χ3v) is 4.40. The molecule has 0 bridgehead atoms. The van der Waals surface area contributed by atoms with Crippen LogP contribution >= 0.6 is 0 Å². The maximum Gasteiger partial charge on any atom is 0.0475 e. The van der Waals surface area contributed by atoms with E-state index in [0.717, 1.165) is 13.0 Å². The highest BCUT2D eigenvalue weighted by molar-refractivity contribution is 5.26. The van der Waals surface area contributed by atoms with Gasteiger partial charge in [-0.2, -0.15) is 0 Å². The van der Waals surface area contributed by atoms with E-state index in [0.29, 0.717) is 12.1 Å². The van der Waals surface area contributed by atoms with Crippen molar-refractivity contribution < 1.29 is 0 Å². The molecule has 0 aliphatic heterocycles. The topological polar surface area (TPSA) is 15.3 Å². The minimum absolute atomic E-state index is 0.415. The van der Waals surface area contributed by atoms with Crippen LogP contribution in [0.2, 0.25) is 0 Å². The molecule has 0 aliphatic rings. The van der Waals surface area contributed by atoms with E-state index in [4.69, 9.17) is 0 Å². The molecule has 0 radical (unpaired) electrons. The van der Waals surface area contributed by atoms with Crippen LogP contribution in [-0.4, -0.2) is 31.1 Å². The first-order valence-electron chi connectivity index (χ1n) is 8.66. The van der Waals surface area contributed by atoms with Gasteiger partial charge in [0.25, 0.3) is 0 Å². The number of rotatable bonds is 10. The number of nitrogens with one attached hydrogen (secondary N) is 1. The van der Waals surface area contributed by atoms with E-state index in [1.165, 1.54) is 36.9 Å². The zero-order valence-corrected chi connectivity index (χ0v) is 14.7. The Bertz CT molecular complexity index is 372. The third-order valence-electron chi connectivity index (χ3n) is 4.40. The van der Waals surface area contributed by atoms with E-state index in [1.54, 1.807) is 0 Å². The molecule has 1 rings (SSSR count). The van der Waals surface area contributed by atoms with Crippen LogP contribution in [0.1, 0.15) is 64.1 Å². The summed E-state index contributed by atoms with van der Waals surface area (Å²) in [5.41, 5.74) is 2.83. The molecule has 0 aromatic heterocycles. The van der Waals surface area contributed by atoms with E-state index in [9.17, 15) is 0 Å². The molecule has 0 saturated heterocycles. The fourth-order valence-electron chi connectivity index (χ4n) is 2.69. The van der Waals surface area contributed by atoms with Crippen molar-refractivity contribution in [3.8, 4) is 0 Å². The van der Waals surface area contributed by atoms with Crippen LogP contribution in [-0.2, 0) is 6.42 Å². The largest absolute Gasteiger partial charge is 0.309 e. The van der Waals surface area contributed by atoms with Crippen LogP contribution in [0.5, 0.6) is 0 Å². The Morgan fingerprint density at radius 2 is 1.71 bits per heavy atom. The van der Waals surface area contributed by atoms with Crippen molar-refractivity contribution in [2.45, 2.75) is 65.5 Å². The molecule has 21 heavy (non-hydrogen) atoms. The number of nitrogens with zero attached hydrogens (tertiary/aromatic N) is 1. The van der Waals surface area contributed by atoms with E-state index in [-0.39, 0.29) is 0 Å². The smallest absolute Gasteiger partial charge is 0.0475 e. The monoisotopic (exact) mass is 290 g/mol. The summed E-state index contributed by atoms with van der Waals surface area (Å²) in [6.07, 6.45) is 4.82. The Hall–Kier alpha value is -0.860. The Kier molecular flexibility index (Phi) is 8.63. The summed E-state index contributed by atoms with van der Waals surface area (Å²) < 4.78 is 0. The van der Waals surface area contributed by atoms with Crippen molar-refractivity contribution in [3.05, 3.63) is 35.4 Å². The van der Waals surface area contributed by atoms with Gasteiger partial charge in [-0.3, -0.25) is 0 Å². The Morgan fingerprint density at radius 3 is 2.24 bits per heavy atom. The second-order valence-electron chi connectivity index (χ2n) is 6.10.